The summed E-state index contributed by atoms with van der Waals surface area (Å²) in [7, 11) is 0. The third-order valence-electron chi connectivity index (χ3n) is 2.75. The van der Waals surface area contributed by atoms with Crippen LogP contribution in [0.5, 0.6) is 5.75 Å². The van der Waals surface area contributed by atoms with Gasteiger partial charge in [0.1, 0.15) is 23.6 Å². The molecule has 0 saturated heterocycles. The molecule has 1 N–H and O–H groups in total. The van der Waals surface area contributed by atoms with E-state index in [4.69, 9.17) is 5.26 Å². The standard InChI is InChI=1S/C12H7F2N3O2/c13-12(14)18-10-4-2-1-3-7(10)11(19-12)8-6-16-17-9(8)5-15/h1-4,6,11H,(H,16,17). The number of hydrogen-bond donors (Lipinski definition) is 1. The molecule has 0 saturated carbocycles. The molecule has 19 heavy (non-hydrogen) atoms. The number of nitriles is 1. The molecule has 5 nitrogen and oxygen atoms in total. The quantitative estimate of drug-likeness (QED) is 0.857. The number of halogens is 2. The van der Waals surface area contributed by atoms with Crippen molar-refractivity contribution in [3.8, 4) is 11.8 Å². The monoisotopic (exact) mass is 263 g/mol. The Hall–Kier alpha value is -2.46. The molecule has 0 spiro atoms. The zero-order valence-electron chi connectivity index (χ0n) is 9.43. The first-order valence-electron chi connectivity index (χ1n) is 5.37. The van der Waals surface area contributed by atoms with Crippen LogP contribution in [0.3, 0.4) is 0 Å². The van der Waals surface area contributed by atoms with Crippen LogP contribution in [0.1, 0.15) is 22.9 Å². The molecular weight excluding hydrogens is 256 g/mol. The van der Waals surface area contributed by atoms with E-state index in [0.29, 0.717) is 5.56 Å². The van der Waals surface area contributed by atoms with Crippen LogP contribution in [0.15, 0.2) is 30.5 Å². The third-order valence-corrected chi connectivity index (χ3v) is 2.75. The molecule has 1 aromatic heterocycles. The van der Waals surface area contributed by atoms with Gasteiger partial charge >= 0.3 is 6.29 Å². The normalized spacial score (nSPS) is 20.2. The lowest BCUT2D eigenvalue weighted by Crippen LogP contribution is -2.35. The zero-order chi connectivity index (χ0) is 13.5. The van der Waals surface area contributed by atoms with Gasteiger partial charge in [0.25, 0.3) is 0 Å². The van der Waals surface area contributed by atoms with E-state index < -0.39 is 12.4 Å². The summed E-state index contributed by atoms with van der Waals surface area (Å²) in [5.74, 6) is 0.0221. The first-order chi connectivity index (χ1) is 9.11. The van der Waals surface area contributed by atoms with E-state index in [-0.39, 0.29) is 17.0 Å². The van der Waals surface area contributed by atoms with Crippen molar-refractivity contribution in [1.29, 1.82) is 5.26 Å². The Bertz CT molecular complexity index is 663. The average Bonchev–Trinajstić information content (AvgIpc) is 2.84. The number of aromatic nitrogens is 2. The molecule has 96 valence electrons. The van der Waals surface area contributed by atoms with Gasteiger partial charge in [-0.15, -0.1) is 8.78 Å². The summed E-state index contributed by atoms with van der Waals surface area (Å²) in [5, 5.41) is 15.0. The zero-order valence-corrected chi connectivity index (χ0v) is 9.43. The highest BCUT2D eigenvalue weighted by Gasteiger charge is 2.45. The Labute approximate surface area is 106 Å². The summed E-state index contributed by atoms with van der Waals surface area (Å²) in [4.78, 5) is 0. The van der Waals surface area contributed by atoms with Gasteiger partial charge in [-0.1, -0.05) is 18.2 Å². The molecule has 0 amide bonds. The van der Waals surface area contributed by atoms with Gasteiger partial charge in [0, 0.05) is 11.1 Å². The summed E-state index contributed by atoms with van der Waals surface area (Å²) >= 11 is 0. The molecule has 0 fully saturated rings. The minimum absolute atomic E-state index is 0.0221. The topological polar surface area (TPSA) is 70.9 Å². The van der Waals surface area contributed by atoms with Crippen molar-refractivity contribution in [2.45, 2.75) is 12.4 Å². The lowest BCUT2D eigenvalue weighted by molar-refractivity contribution is -0.376. The summed E-state index contributed by atoms with van der Waals surface area (Å²) in [5.41, 5.74) is 0.752. The summed E-state index contributed by atoms with van der Waals surface area (Å²) in [6.07, 6.45) is -3.56. The van der Waals surface area contributed by atoms with E-state index in [9.17, 15) is 8.78 Å². The van der Waals surface area contributed by atoms with Crippen molar-refractivity contribution in [3.05, 3.63) is 47.3 Å². The number of H-pyrrole nitrogens is 1. The van der Waals surface area contributed by atoms with Crippen molar-refractivity contribution in [2.75, 3.05) is 0 Å². The van der Waals surface area contributed by atoms with Gasteiger partial charge < -0.3 is 4.74 Å². The predicted octanol–water partition coefficient (Wildman–Crippen LogP) is 2.33. The number of para-hydroxylation sites is 1. The van der Waals surface area contributed by atoms with Crippen LogP contribution in [0.25, 0.3) is 0 Å². The number of benzene rings is 1. The molecule has 7 heteroatoms. The van der Waals surface area contributed by atoms with Crippen LogP contribution in [-0.2, 0) is 4.74 Å². The number of alkyl halides is 2. The predicted molar refractivity (Wildman–Crippen MR) is 58.2 cm³/mol. The summed E-state index contributed by atoms with van der Waals surface area (Å²) in [6, 6.07) is 8.13. The fraction of sp³-hybridized carbons (Fsp3) is 0.167. The number of rotatable bonds is 1. The molecule has 2 heterocycles. The molecular formula is C12H7F2N3O2. The van der Waals surface area contributed by atoms with Crippen molar-refractivity contribution < 1.29 is 18.3 Å². The fourth-order valence-electron chi connectivity index (χ4n) is 1.96. The lowest BCUT2D eigenvalue weighted by Gasteiger charge is -2.30. The fourth-order valence-corrected chi connectivity index (χ4v) is 1.96. The van der Waals surface area contributed by atoms with E-state index in [1.54, 1.807) is 18.2 Å². The Kier molecular flexibility index (Phi) is 2.47. The summed E-state index contributed by atoms with van der Waals surface area (Å²) < 4.78 is 35.9. The molecule has 0 radical (unpaired) electrons. The van der Waals surface area contributed by atoms with E-state index in [0.717, 1.165) is 0 Å². The number of nitrogens with one attached hydrogen (secondary N) is 1. The van der Waals surface area contributed by atoms with Gasteiger partial charge in [0.2, 0.25) is 0 Å². The molecule has 1 aliphatic rings. The molecule has 1 unspecified atom stereocenters. The molecule has 0 aliphatic carbocycles. The van der Waals surface area contributed by atoms with Gasteiger partial charge in [0.05, 0.1) is 6.20 Å². The van der Waals surface area contributed by atoms with Crippen LogP contribution in [0, 0.1) is 11.3 Å². The van der Waals surface area contributed by atoms with Crippen molar-refractivity contribution in [2.24, 2.45) is 0 Å². The second kappa shape index (κ2) is 4.03. The number of hydrogen-bond acceptors (Lipinski definition) is 4. The highest BCUT2D eigenvalue weighted by molar-refractivity contribution is 5.44. The largest absolute Gasteiger partial charge is 0.536 e. The third kappa shape index (κ3) is 1.92. The maximum Gasteiger partial charge on any atom is 0.536 e. The maximum absolute atomic E-state index is 13.4. The SMILES string of the molecule is N#Cc1[nH]ncc1C1OC(F)(F)Oc2ccccc21. The van der Waals surface area contributed by atoms with Crippen LogP contribution >= 0.6 is 0 Å². The number of aromatic amines is 1. The van der Waals surface area contributed by atoms with Crippen LogP contribution < -0.4 is 4.74 Å². The van der Waals surface area contributed by atoms with E-state index in [1.165, 1.54) is 12.3 Å². The first kappa shape index (κ1) is 11.6. The smallest absolute Gasteiger partial charge is 0.409 e. The van der Waals surface area contributed by atoms with Crippen molar-refractivity contribution in [1.82, 2.24) is 10.2 Å². The van der Waals surface area contributed by atoms with Crippen LogP contribution in [-0.4, -0.2) is 16.5 Å². The molecule has 1 aromatic carbocycles. The second-order valence-corrected chi connectivity index (χ2v) is 3.91. The average molecular weight is 263 g/mol. The molecule has 1 aliphatic heterocycles. The van der Waals surface area contributed by atoms with Crippen molar-refractivity contribution >= 4 is 0 Å². The second-order valence-electron chi connectivity index (χ2n) is 3.91. The minimum atomic E-state index is -3.75. The van der Waals surface area contributed by atoms with Gasteiger partial charge in [-0.2, -0.15) is 10.4 Å². The van der Waals surface area contributed by atoms with Crippen LogP contribution in [0.4, 0.5) is 8.78 Å². The Morgan fingerprint density at radius 1 is 1.32 bits per heavy atom. The summed E-state index contributed by atoms with van der Waals surface area (Å²) in [6.45, 7) is 0. The van der Waals surface area contributed by atoms with E-state index in [1.807, 2.05) is 6.07 Å². The highest BCUT2D eigenvalue weighted by Crippen LogP contribution is 2.43. The maximum atomic E-state index is 13.4. The Morgan fingerprint density at radius 2 is 2.11 bits per heavy atom. The molecule has 1 atom stereocenters. The molecule has 0 bridgehead atoms. The van der Waals surface area contributed by atoms with E-state index in [2.05, 4.69) is 19.7 Å². The van der Waals surface area contributed by atoms with E-state index >= 15 is 0 Å². The van der Waals surface area contributed by atoms with Gasteiger partial charge in [-0.3, -0.25) is 9.84 Å². The Morgan fingerprint density at radius 3 is 2.89 bits per heavy atom. The first-order valence-corrected chi connectivity index (χ1v) is 5.37. The Balaban J connectivity index is 2.14. The highest BCUT2D eigenvalue weighted by atomic mass is 19.3. The molecule has 3 rings (SSSR count). The number of ether oxygens (including phenoxy) is 2. The lowest BCUT2D eigenvalue weighted by atomic mass is 10.0. The number of nitrogens with zero attached hydrogens (tertiary/aromatic N) is 2. The van der Waals surface area contributed by atoms with Crippen LogP contribution in [0.2, 0.25) is 0 Å². The van der Waals surface area contributed by atoms with Gasteiger partial charge in [-0.05, 0) is 6.07 Å². The van der Waals surface area contributed by atoms with Gasteiger partial charge in [-0.25, -0.2) is 0 Å². The van der Waals surface area contributed by atoms with Crippen molar-refractivity contribution in [3.63, 3.8) is 0 Å². The molecule has 2 aromatic rings. The van der Waals surface area contributed by atoms with Gasteiger partial charge in [0.15, 0.2) is 0 Å². The number of fused-ring (bicyclic) bond motifs is 1. The minimum Gasteiger partial charge on any atom is -0.409 e.